The lowest BCUT2D eigenvalue weighted by molar-refractivity contribution is -0.145. The molecular formula is C17H19N3O4. The number of carboxylic acid groups (broad SMARTS) is 1. The Labute approximate surface area is 138 Å². The SMILES string of the molecule is O=C(O)C1CCN(C(=O)CCn2cnc3ccccc3c2=O)CC1. The van der Waals surface area contributed by atoms with Gasteiger partial charge in [-0.25, -0.2) is 4.98 Å². The van der Waals surface area contributed by atoms with E-state index in [9.17, 15) is 14.4 Å². The summed E-state index contributed by atoms with van der Waals surface area (Å²) in [7, 11) is 0. The molecule has 1 amide bonds. The minimum absolute atomic E-state index is 0.0566. The number of aromatic nitrogens is 2. The van der Waals surface area contributed by atoms with Crippen LogP contribution in [0.25, 0.3) is 10.9 Å². The van der Waals surface area contributed by atoms with Crippen LogP contribution in [0.4, 0.5) is 0 Å². The number of fused-ring (bicyclic) bond motifs is 1. The van der Waals surface area contributed by atoms with Crippen LogP contribution in [0.3, 0.4) is 0 Å². The predicted octanol–water partition coefficient (Wildman–Crippen LogP) is 1.11. The normalized spacial score (nSPS) is 15.6. The molecular weight excluding hydrogens is 310 g/mol. The number of likely N-dealkylation sites (tertiary alicyclic amines) is 1. The smallest absolute Gasteiger partial charge is 0.306 e. The molecule has 0 bridgehead atoms. The Kier molecular flexibility index (Phi) is 4.59. The highest BCUT2D eigenvalue weighted by Gasteiger charge is 2.26. The minimum Gasteiger partial charge on any atom is -0.481 e. The third kappa shape index (κ3) is 3.29. The fraction of sp³-hybridized carbons (Fsp3) is 0.412. The number of aryl methyl sites for hydroxylation is 1. The molecule has 126 valence electrons. The Hall–Kier alpha value is -2.70. The van der Waals surface area contributed by atoms with E-state index >= 15 is 0 Å². The van der Waals surface area contributed by atoms with Crippen LogP contribution in [-0.2, 0) is 16.1 Å². The second-order valence-electron chi connectivity index (χ2n) is 6.00. The zero-order valence-electron chi connectivity index (χ0n) is 13.2. The van der Waals surface area contributed by atoms with Gasteiger partial charge in [0.2, 0.25) is 5.91 Å². The molecule has 1 aliphatic heterocycles. The molecule has 7 heteroatoms. The number of aliphatic carboxylic acids is 1. The van der Waals surface area contributed by atoms with Gasteiger partial charge in [-0.2, -0.15) is 0 Å². The topological polar surface area (TPSA) is 92.5 Å². The lowest BCUT2D eigenvalue weighted by Gasteiger charge is -2.30. The van der Waals surface area contributed by atoms with Crippen LogP contribution in [0.2, 0.25) is 0 Å². The van der Waals surface area contributed by atoms with Gasteiger partial charge >= 0.3 is 5.97 Å². The lowest BCUT2D eigenvalue weighted by Crippen LogP contribution is -2.40. The number of nitrogens with zero attached hydrogens (tertiary/aromatic N) is 3. The molecule has 0 atom stereocenters. The van der Waals surface area contributed by atoms with E-state index in [1.54, 1.807) is 23.1 Å². The predicted molar refractivity (Wildman–Crippen MR) is 87.6 cm³/mol. The van der Waals surface area contributed by atoms with Gasteiger partial charge in [0.05, 0.1) is 23.1 Å². The van der Waals surface area contributed by atoms with Gasteiger partial charge in [0, 0.05) is 26.1 Å². The average Bonchev–Trinajstić information content (AvgIpc) is 2.61. The molecule has 0 aliphatic carbocycles. The van der Waals surface area contributed by atoms with Crippen LogP contribution >= 0.6 is 0 Å². The fourth-order valence-corrected chi connectivity index (χ4v) is 3.02. The van der Waals surface area contributed by atoms with Crippen molar-refractivity contribution in [2.75, 3.05) is 13.1 Å². The summed E-state index contributed by atoms with van der Waals surface area (Å²) in [6, 6.07) is 7.11. The molecule has 1 aromatic carbocycles. The first-order valence-electron chi connectivity index (χ1n) is 8.01. The number of piperidine rings is 1. The van der Waals surface area contributed by atoms with Gasteiger partial charge in [-0.3, -0.25) is 19.0 Å². The van der Waals surface area contributed by atoms with E-state index in [0.717, 1.165) is 0 Å². The molecule has 1 aliphatic rings. The largest absolute Gasteiger partial charge is 0.481 e. The Morgan fingerprint density at radius 1 is 1.21 bits per heavy atom. The third-order valence-electron chi connectivity index (χ3n) is 4.50. The van der Waals surface area contributed by atoms with Gasteiger partial charge in [0.15, 0.2) is 0 Å². The molecule has 1 fully saturated rings. The highest BCUT2D eigenvalue weighted by molar-refractivity contribution is 5.78. The van der Waals surface area contributed by atoms with Gasteiger partial charge in [-0.1, -0.05) is 12.1 Å². The molecule has 2 aromatic rings. The van der Waals surface area contributed by atoms with Crippen LogP contribution < -0.4 is 5.56 Å². The Morgan fingerprint density at radius 3 is 2.62 bits per heavy atom. The molecule has 3 rings (SSSR count). The molecule has 0 spiro atoms. The van der Waals surface area contributed by atoms with Gasteiger partial charge in [-0.05, 0) is 25.0 Å². The first-order valence-corrected chi connectivity index (χ1v) is 8.01. The molecule has 0 unspecified atom stereocenters. The summed E-state index contributed by atoms with van der Waals surface area (Å²) in [5.41, 5.74) is 0.485. The monoisotopic (exact) mass is 329 g/mol. The van der Waals surface area contributed by atoms with Crippen molar-refractivity contribution in [1.82, 2.24) is 14.5 Å². The highest BCUT2D eigenvalue weighted by Crippen LogP contribution is 2.18. The van der Waals surface area contributed by atoms with E-state index in [4.69, 9.17) is 5.11 Å². The second-order valence-corrected chi connectivity index (χ2v) is 6.00. The Balaban J connectivity index is 1.62. The van der Waals surface area contributed by atoms with Gasteiger partial charge in [0.1, 0.15) is 0 Å². The number of carboxylic acids is 1. The summed E-state index contributed by atoms with van der Waals surface area (Å²) < 4.78 is 1.45. The lowest BCUT2D eigenvalue weighted by atomic mass is 9.97. The Morgan fingerprint density at radius 2 is 1.92 bits per heavy atom. The van der Waals surface area contributed by atoms with E-state index < -0.39 is 5.97 Å². The second kappa shape index (κ2) is 6.82. The first kappa shape index (κ1) is 16.2. The number of amides is 1. The van der Waals surface area contributed by atoms with Gasteiger partial charge < -0.3 is 10.0 Å². The number of hydrogen-bond acceptors (Lipinski definition) is 4. The van der Waals surface area contributed by atoms with Crippen LogP contribution in [0.15, 0.2) is 35.4 Å². The summed E-state index contributed by atoms with van der Waals surface area (Å²) >= 11 is 0. The average molecular weight is 329 g/mol. The quantitative estimate of drug-likeness (QED) is 0.907. The molecule has 0 saturated carbocycles. The molecule has 24 heavy (non-hydrogen) atoms. The van der Waals surface area contributed by atoms with Crippen LogP contribution in [0.5, 0.6) is 0 Å². The molecule has 2 heterocycles. The van der Waals surface area contributed by atoms with Crippen LogP contribution in [-0.4, -0.2) is 44.5 Å². The summed E-state index contributed by atoms with van der Waals surface area (Å²) in [4.78, 5) is 41.5. The maximum atomic E-state index is 12.4. The number of hydrogen-bond donors (Lipinski definition) is 1. The van der Waals surface area contributed by atoms with Crippen molar-refractivity contribution in [1.29, 1.82) is 0 Å². The van der Waals surface area contributed by atoms with E-state index in [1.165, 1.54) is 10.9 Å². The molecule has 0 radical (unpaired) electrons. The zero-order chi connectivity index (χ0) is 17.1. The number of carbonyl (C=O) groups excluding carboxylic acids is 1. The van der Waals surface area contributed by atoms with E-state index in [0.29, 0.717) is 36.8 Å². The van der Waals surface area contributed by atoms with Crippen LogP contribution in [0, 0.1) is 5.92 Å². The molecule has 7 nitrogen and oxygen atoms in total. The van der Waals surface area contributed by atoms with Crippen molar-refractivity contribution in [2.24, 2.45) is 5.92 Å². The third-order valence-corrected chi connectivity index (χ3v) is 4.50. The van der Waals surface area contributed by atoms with Crippen molar-refractivity contribution in [3.8, 4) is 0 Å². The Bertz CT molecular complexity index is 822. The zero-order valence-corrected chi connectivity index (χ0v) is 13.2. The summed E-state index contributed by atoms with van der Waals surface area (Å²) in [6.45, 7) is 1.19. The number of benzene rings is 1. The van der Waals surface area contributed by atoms with E-state index in [2.05, 4.69) is 4.98 Å². The van der Waals surface area contributed by atoms with Crippen LogP contribution in [0.1, 0.15) is 19.3 Å². The summed E-state index contributed by atoms with van der Waals surface area (Å²) in [5, 5.41) is 9.52. The first-order chi connectivity index (χ1) is 11.6. The maximum absolute atomic E-state index is 12.4. The molecule has 1 aromatic heterocycles. The van der Waals surface area contributed by atoms with E-state index in [1.807, 2.05) is 6.07 Å². The van der Waals surface area contributed by atoms with Crippen molar-refractivity contribution < 1.29 is 14.7 Å². The molecule has 1 N–H and O–H groups in total. The van der Waals surface area contributed by atoms with Gasteiger partial charge in [0.25, 0.3) is 5.56 Å². The highest BCUT2D eigenvalue weighted by atomic mass is 16.4. The maximum Gasteiger partial charge on any atom is 0.306 e. The number of carbonyl (C=O) groups is 2. The van der Waals surface area contributed by atoms with Crippen molar-refractivity contribution in [3.05, 3.63) is 40.9 Å². The summed E-state index contributed by atoms with van der Waals surface area (Å²) in [6.07, 6.45) is 2.64. The van der Waals surface area contributed by atoms with Crippen molar-refractivity contribution >= 4 is 22.8 Å². The number of para-hydroxylation sites is 1. The van der Waals surface area contributed by atoms with Crippen molar-refractivity contribution in [3.63, 3.8) is 0 Å². The molecule has 1 saturated heterocycles. The van der Waals surface area contributed by atoms with Crippen molar-refractivity contribution in [2.45, 2.75) is 25.8 Å². The standard InChI is InChI=1S/C17H19N3O4/c21-15(19-8-5-12(6-9-19)17(23)24)7-10-20-11-18-14-4-2-1-3-13(14)16(20)22/h1-4,11-12H,5-10H2,(H,23,24). The fourth-order valence-electron chi connectivity index (χ4n) is 3.02. The van der Waals surface area contributed by atoms with Gasteiger partial charge in [-0.15, -0.1) is 0 Å². The number of rotatable bonds is 4. The van der Waals surface area contributed by atoms with E-state index in [-0.39, 0.29) is 30.3 Å². The summed E-state index contributed by atoms with van der Waals surface area (Å²) in [5.74, 6) is -1.21. The minimum atomic E-state index is -0.795.